The predicted octanol–water partition coefficient (Wildman–Crippen LogP) is 4.42. The van der Waals surface area contributed by atoms with Crippen LogP contribution in [0.15, 0.2) is 35.2 Å². The van der Waals surface area contributed by atoms with E-state index >= 15 is 0 Å². The van der Waals surface area contributed by atoms with Gasteiger partial charge in [-0.05, 0) is 31.5 Å². The molecule has 106 valence electrons. The highest BCUT2D eigenvalue weighted by molar-refractivity contribution is 7.98. The first-order valence-electron chi connectivity index (χ1n) is 6.70. The summed E-state index contributed by atoms with van der Waals surface area (Å²) in [6.45, 7) is 5.03. The summed E-state index contributed by atoms with van der Waals surface area (Å²) in [6, 6.07) is 9.85. The average molecular weight is 308 g/mol. The lowest BCUT2D eigenvalue weighted by Gasteiger charge is -2.08. The van der Waals surface area contributed by atoms with Gasteiger partial charge in [0.05, 0.1) is 5.75 Å². The van der Waals surface area contributed by atoms with Crippen molar-refractivity contribution in [1.29, 1.82) is 0 Å². The van der Waals surface area contributed by atoms with Crippen molar-refractivity contribution in [2.75, 3.05) is 11.9 Å². The largest absolute Gasteiger partial charge is 0.370 e. The van der Waals surface area contributed by atoms with Gasteiger partial charge in [0, 0.05) is 28.2 Å². The molecule has 0 fully saturated rings. The van der Waals surface area contributed by atoms with Crippen molar-refractivity contribution in [1.82, 2.24) is 9.97 Å². The van der Waals surface area contributed by atoms with Crippen LogP contribution in [0.2, 0.25) is 5.02 Å². The third-order valence-corrected chi connectivity index (χ3v) is 3.93. The number of thioether (sulfide) groups is 1. The second-order valence-corrected chi connectivity index (χ2v) is 5.78. The molecule has 5 heteroatoms. The van der Waals surface area contributed by atoms with Gasteiger partial charge in [0.15, 0.2) is 0 Å². The molecule has 1 N–H and O–H groups in total. The van der Waals surface area contributed by atoms with E-state index < -0.39 is 0 Å². The minimum absolute atomic E-state index is 0.743. The first-order chi connectivity index (χ1) is 9.71. The molecular weight excluding hydrogens is 290 g/mol. The van der Waals surface area contributed by atoms with Crippen molar-refractivity contribution in [3.05, 3.63) is 46.9 Å². The van der Waals surface area contributed by atoms with Crippen LogP contribution in [-0.4, -0.2) is 16.5 Å². The third-order valence-electron chi connectivity index (χ3n) is 2.71. The van der Waals surface area contributed by atoms with Crippen LogP contribution >= 0.6 is 23.4 Å². The maximum atomic E-state index is 5.99. The molecule has 0 saturated heterocycles. The molecule has 0 saturated carbocycles. The van der Waals surface area contributed by atoms with E-state index in [1.54, 1.807) is 11.8 Å². The molecule has 0 amide bonds. The van der Waals surface area contributed by atoms with E-state index in [1.165, 1.54) is 0 Å². The van der Waals surface area contributed by atoms with Gasteiger partial charge in [-0.15, -0.1) is 11.8 Å². The van der Waals surface area contributed by atoms with Crippen LogP contribution in [0.3, 0.4) is 0 Å². The molecule has 3 nitrogen and oxygen atoms in total. The molecule has 1 aromatic heterocycles. The molecule has 0 atom stereocenters. The molecule has 0 bridgehead atoms. The minimum atomic E-state index is 0.743. The van der Waals surface area contributed by atoms with Crippen molar-refractivity contribution in [2.24, 2.45) is 0 Å². The van der Waals surface area contributed by atoms with Gasteiger partial charge in [-0.1, -0.05) is 24.6 Å². The van der Waals surface area contributed by atoms with Crippen LogP contribution in [0, 0.1) is 0 Å². The molecule has 0 radical (unpaired) electrons. The van der Waals surface area contributed by atoms with Gasteiger partial charge in [0.1, 0.15) is 11.6 Å². The molecule has 20 heavy (non-hydrogen) atoms. The fourth-order valence-electron chi connectivity index (χ4n) is 1.77. The molecule has 1 heterocycles. The maximum Gasteiger partial charge on any atom is 0.141 e. The number of hydrogen-bond donors (Lipinski definition) is 1. The van der Waals surface area contributed by atoms with E-state index in [2.05, 4.69) is 29.1 Å². The van der Waals surface area contributed by atoms with E-state index in [1.807, 2.05) is 30.3 Å². The van der Waals surface area contributed by atoms with Crippen molar-refractivity contribution in [2.45, 2.75) is 30.9 Å². The summed E-state index contributed by atoms with van der Waals surface area (Å²) in [6.07, 6.45) is 0.912. The number of anilines is 1. The molecule has 0 unspecified atom stereocenters. The summed E-state index contributed by atoms with van der Waals surface area (Å²) >= 11 is 7.68. The van der Waals surface area contributed by atoms with Crippen molar-refractivity contribution in [3.8, 4) is 0 Å². The Morgan fingerprint density at radius 1 is 1.20 bits per heavy atom. The number of nitrogens with zero attached hydrogens (tertiary/aromatic N) is 2. The van der Waals surface area contributed by atoms with Gasteiger partial charge < -0.3 is 5.32 Å². The van der Waals surface area contributed by atoms with Gasteiger partial charge in [0.25, 0.3) is 0 Å². The molecule has 2 rings (SSSR count). The molecule has 0 aliphatic carbocycles. The van der Waals surface area contributed by atoms with E-state index in [4.69, 9.17) is 11.6 Å². The monoisotopic (exact) mass is 307 g/mol. The normalized spacial score (nSPS) is 10.6. The topological polar surface area (TPSA) is 37.8 Å². The minimum Gasteiger partial charge on any atom is -0.370 e. The van der Waals surface area contributed by atoms with Crippen LogP contribution < -0.4 is 5.32 Å². The quantitative estimate of drug-likeness (QED) is 0.802. The zero-order valence-electron chi connectivity index (χ0n) is 11.7. The fraction of sp³-hybridized carbons (Fsp3) is 0.333. The average Bonchev–Trinajstić information content (AvgIpc) is 2.45. The number of benzene rings is 1. The van der Waals surface area contributed by atoms with E-state index in [0.717, 1.165) is 46.0 Å². The Hall–Kier alpha value is -1.26. The lowest BCUT2D eigenvalue weighted by Crippen LogP contribution is -2.05. The van der Waals surface area contributed by atoms with Gasteiger partial charge in [-0.25, -0.2) is 9.97 Å². The summed E-state index contributed by atoms with van der Waals surface area (Å²) in [5, 5.41) is 4.00. The standard InChI is InChI=1S/C15H18ClN3S/c1-3-12-9-14(17-4-2)19-15(18-12)10-20-13-7-5-6-11(16)8-13/h5-9H,3-4,10H2,1-2H3,(H,17,18,19). The lowest BCUT2D eigenvalue weighted by molar-refractivity contribution is 0.936. The van der Waals surface area contributed by atoms with Crippen LogP contribution in [0.5, 0.6) is 0 Å². The van der Waals surface area contributed by atoms with Crippen molar-refractivity contribution < 1.29 is 0 Å². The third kappa shape index (κ3) is 4.39. The van der Waals surface area contributed by atoms with Crippen molar-refractivity contribution in [3.63, 3.8) is 0 Å². The summed E-state index contributed by atoms with van der Waals surface area (Å²) < 4.78 is 0. The van der Waals surface area contributed by atoms with Gasteiger partial charge in [-0.3, -0.25) is 0 Å². The number of aryl methyl sites for hydroxylation is 1. The Bertz CT molecular complexity index is 575. The zero-order valence-corrected chi connectivity index (χ0v) is 13.3. The summed E-state index contributed by atoms with van der Waals surface area (Å²) in [4.78, 5) is 10.2. The van der Waals surface area contributed by atoms with Gasteiger partial charge in [-0.2, -0.15) is 0 Å². The van der Waals surface area contributed by atoms with E-state index in [-0.39, 0.29) is 0 Å². The van der Waals surface area contributed by atoms with Crippen LogP contribution in [-0.2, 0) is 12.2 Å². The Labute approximate surface area is 129 Å². The lowest BCUT2D eigenvalue weighted by atomic mass is 10.3. The highest BCUT2D eigenvalue weighted by atomic mass is 35.5. The Morgan fingerprint density at radius 2 is 2.05 bits per heavy atom. The summed E-state index contributed by atoms with van der Waals surface area (Å²) in [5.41, 5.74) is 1.07. The molecule has 1 aromatic carbocycles. The van der Waals surface area contributed by atoms with Crippen LogP contribution in [0.25, 0.3) is 0 Å². The van der Waals surface area contributed by atoms with Crippen molar-refractivity contribution >= 4 is 29.2 Å². The maximum absolute atomic E-state index is 5.99. The fourth-order valence-corrected chi connectivity index (χ4v) is 2.84. The summed E-state index contributed by atoms with van der Waals surface area (Å²) in [5.74, 6) is 2.50. The number of hydrogen-bond acceptors (Lipinski definition) is 4. The molecule has 0 aliphatic rings. The van der Waals surface area contributed by atoms with Gasteiger partial charge >= 0.3 is 0 Å². The highest BCUT2D eigenvalue weighted by Gasteiger charge is 2.04. The van der Waals surface area contributed by atoms with Crippen LogP contribution in [0.1, 0.15) is 25.4 Å². The number of nitrogens with one attached hydrogen (secondary N) is 1. The number of halogens is 1. The van der Waals surface area contributed by atoms with Crippen LogP contribution in [0.4, 0.5) is 5.82 Å². The SMILES string of the molecule is CCNc1cc(CC)nc(CSc2cccc(Cl)c2)n1. The molecular formula is C15H18ClN3S. The van der Waals surface area contributed by atoms with E-state index in [9.17, 15) is 0 Å². The molecule has 0 aliphatic heterocycles. The zero-order chi connectivity index (χ0) is 14.4. The molecule has 2 aromatic rings. The second-order valence-electron chi connectivity index (χ2n) is 4.29. The predicted molar refractivity (Wildman–Crippen MR) is 86.6 cm³/mol. The number of aromatic nitrogens is 2. The summed E-state index contributed by atoms with van der Waals surface area (Å²) in [7, 11) is 0. The van der Waals surface area contributed by atoms with E-state index in [0.29, 0.717) is 0 Å². The smallest absolute Gasteiger partial charge is 0.141 e. The second kappa shape index (κ2) is 7.50. The Balaban J connectivity index is 2.10. The van der Waals surface area contributed by atoms with Gasteiger partial charge in [0.2, 0.25) is 0 Å². The first kappa shape index (κ1) is 15.1. The Kier molecular flexibility index (Phi) is 5.68. The first-order valence-corrected chi connectivity index (χ1v) is 8.06. The molecule has 0 spiro atoms. The highest BCUT2D eigenvalue weighted by Crippen LogP contribution is 2.24. The number of rotatable bonds is 6. The Morgan fingerprint density at radius 3 is 2.75 bits per heavy atom.